The number of benzene rings is 1. The van der Waals surface area contributed by atoms with E-state index in [1.807, 2.05) is 12.1 Å². The Morgan fingerprint density at radius 1 is 1.21 bits per heavy atom. The quantitative estimate of drug-likeness (QED) is 0.790. The fourth-order valence-electron chi connectivity index (χ4n) is 1.37. The number of hydrogen-bond acceptors (Lipinski definition) is 2. The van der Waals surface area contributed by atoms with Crippen LogP contribution >= 0.6 is 15.9 Å². The first kappa shape index (κ1) is 9.99. The topological polar surface area (TPSA) is 24.1 Å². The minimum atomic E-state index is 0.802. The highest BCUT2D eigenvalue weighted by atomic mass is 79.9. The zero-order chi connectivity index (χ0) is 9.80. The molecule has 1 aromatic rings. The molecule has 0 heterocycles. The number of nitrogens with one attached hydrogen (secondary N) is 2. The Kier molecular flexibility index (Phi) is 3.43. The molecule has 2 nitrogen and oxygen atoms in total. The Labute approximate surface area is 93.2 Å². The lowest BCUT2D eigenvalue weighted by atomic mass is 10.3. The molecule has 1 aliphatic carbocycles. The Morgan fingerprint density at radius 3 is 2.71 bits per heavy atom. The number of rotatable bonds is 5. The highest BCUT2D eigenvalue weighted by molar-refractivity contribution is 9.10. The lowest BCUT2D eigenvalue weighted by molar-refractivity contribution is 0.701. The molecule has 0 amide bonds. The van der Waals surface area contributed by atoms with Crippen molar-refractivity contribution in [3.63, 3.8) is 0 Å². The molecule has 0 saturated heterocycles. The summed E-state index contributed by atoms with van der Waals surface area (Å²) in [6.45, 7) is 2.03. The van der Waals surface area contributed by atoms with Crippen LogP contribution in [0.25, 0.3) is 0 Å². The van der Waals surface area contributed by atoms with Gasteiger partial charge in [-0.1, -0.05) is 12.1 Å². The first-order valence-corrected chi connectivity index (χ1v) is 5.87. The van der Waals surface area contributed by atoms with Gasteiger partial charge in [-0.15, -0.1) is 0 Å². The molecule has 0 aromatic heterocycles. The van der Waals surface area contributed by atoms with Gasteiger partial charge in [0.05, 0.1) is 0 Å². The molecule has 0 unspecified atom stereocenters. The van der Waals surface area contributed by atoms with E-state index >= 15 is 0 Å². The molecular weight excluding hydrogens is 240 g/mol. The van der Waals surface area contributed by atoms with Gasteiger partial charge in [-0.2, -0.15) is 0 Å². The van der Waals surface area contributed by atoms with Gasteiger partial charge in [0, 0.05) is 29.3 Å². The molecule has 76 valence electrons. The van der Waals surface area contributed by atoms with E-state index in [2.05, 4.69) is 38.7 Å². The van der Waals surface area contributed by atoms with Crippen molar-refractivity contribution in [2.24, 2.45) is 0 Å². The van der Waals surface area contributed by atoms with Crippen LogP contribution in [0.4, 0.5) is 5.69 Å². The van der Waals surface area contributed by atoms with Gasteiger partial charge in [-0.25, -0.2) is 0 Å². The van der Waals surface area contributed by atoms with Crippen molar-refractivity contribution in [2.75, 3.05) is 18.4 Å². The lowest BCUT2D eigenvalue weighted by Crippen LogP contribution is -2.23. The van der Waals surface area contributed by atoms with E-state index in [9.17, 15) is 0 Å². The second-order valence-corrected chi connectivity index (χ2v) is 4.49. The maximum Gasteiger partial charge on any atom is 0.0485 e. The molecular formula is C11H15BrN2. The molecule has 0 atom stereocenters. The summed E-state index contributed by atoms with van der Waals surface area (Å²) in [5.74, 6) is 0. The van der Waals surface area contributed by atoms with E-state index in [-0.39, 0.29) is 0 Å². The van der Waals surface area contributed by atoms with Crippen molar-refractivity contribution in [1.82, 2.24) is 5.32 Å². The number of anilines is 1. The Bertz CT molecular complexity index is 297. The summed E-state index contributed by atoms with van der Waals surface area (Å²) in [5.41, 5.74) is 1.17. The van der Waals surface area contributed by atoms with Gasteiger partial charge in [0.15, 0.2) is 0 Å². The summed E-state index contributed by atoms with van der Waals surface area (Å²) in [5, 5.41) is 6.86. The fourth-order valence-corrected chi connectivity index (χ4v) is 1.79. The lowest BCUT2D eigenvalue weighted by Gasteiger charge is -2.08. The van der Waals surface area contributed by atoms with Gasteiger partial charge in [-0.05, 0) is 40.9 Å². The van der Waals surface area contributed by atoms with Gasteiger partial charge < -0.3 is 10.6 Å². The normalized spacial score (nSPS) is 15.5. The van der Waals surface area contributed by atoms with Crippen LogP contribution in [-0.4, -0.2) is 19.1 Å². The van der Waals surface area contributed by atoms with Crippen molar-refractivity contribution in [3.8, 4) is 0 Å². The van der Waals surface area contributed by atoms with E-state index in [1.54, 1.807) is 0 Å². The van der Waals surface area contributed by atoms with Crippen molar-refractivity contribution < 1.29 is 0 Å². The highest BCUT2D eigenvalue weighted by Crippen LogP contribution is 2.21. The van der Waals surface area contributed by atoms with Crippen LogP contribution in [0.1, 0.15) is 12.8 Å². The average molecular weight is 255 g/mol. The smallest absolute Gasteiger partial charge is 0.0485 e. The maximum absolute atomic E-state index is 3.51. The van der Waals surface area contributed by atoms with Crippen LogP contribution < -0.4 is 10.6 Å². The monoisotopic (exact) mass is 254 g/mol. The predicted octanol–water partition coefficient (Wildman–Crippen LogP) is 2.61. The van der Waals surface area contributed by atoms with Crippen molar-refractivity contribution in [1.29, 1.82) is 0 Å². The fraction of sp³-hybridized carbons (Fsp3) is 0.455. The van der Waals surface area contributed by atoms with Crippen molar-refractivity contribution in [2.45, 2.75) is 18.9 Å². The zero-order valence-corrected chi connectivity index (χ0v) is 9.68. The largest absolute Gasteiger partial charge is 0.383 e. The Hall–Kier alpha value is -0.540. The first-order valence-electron chi connectivity index (χ1n) is 5.08. The van der Waals surface area contributed by atoms with Gasteiger partial charge in [-0.3, -0.25) is 0 Å². The third-order valence-electron chi connectivity index (χ3n) is 2.32. The van der Waals surface area contributed by atoms with Crippen molar-refractivity contribution >= 4 is 21.6 Å². The van der Waals surface area contributed by atoms with E-state index in [0.717, 1.165) is 23.6 Å². The molecule has 0 bridgehead atoms. The van der Waals surface area contributed by atoms with Crippen LogP contribution in [-0.2, 0) is 0 Å². The molecule has 1 saturated carbocycles. The number of halogens is 1. The second kappa shape index (κ2) is 4.80. The van der Waals surface area contributed by atoms with Crippen LogP contribution in [0.15, 0.2) is 28.7 Å². The molecule has 1 aromatic carbocycles. The third kappa shape index (κ3) is 3.00. The van der Waals surface area contributed by atoms with Gasteiger partial charge in [0.25, 0.3) is 0 Å². The molecule has 2 rings (SSSR count). The average Bonchev–Trinajstić information content (AvgIpc) is 2.99. The molecule has 0 radical (unpaired) electrons. The second-order valence-electron chi connectivity index (χ2n) is 3.64. The van der Waals surface area contributed by atoms with E-state index < -0.39 is 0 Å². The van der Waals surface area contributed by atoms with E-state index in [1.165, 1.54) is 18.5 Å². The summed E-state index contributed by atoms with van der Waals surface area (Å²) in [4.78, 5) is 0. The standard InChI is InChI=1S/C11H15BrN2/c12-10-3-1-2-4-11(10)14-8-7-13-9-5-6-9/h1-4,9,13-14H,5-8H2. The van der Waals surface area contributed by atoms with Crippen LogP contribution in [0.2, 0.25) is 0 Å². The molecule has 1 aliphatic rings. The molecule has 1 fully saturated rings. The van der Waals surface area contributed by atoms with Crippen molar-refractivity contribution in [3.05, 3.63) is 28.7 Å². The van der Waals surface area contributed by atoms with Gasteiger partial charge >= 0.3 is 0 Å². The third-order valence-corrected chi connectivity index (χ3v) is 3.02. The number of hydrogen-bond donors (Lipinski definition) is 2. The minimum absolute atomic E-state index is 0.802. The van der Waals surface area contributed by atoms with E-state index in [4.69, 9.17) is 0 Å². The van der Waals surface area contributed by atoms with Crippen LogP contribution in [0.5, 0.6) is 0 Å². The van der Waals surface area contributed by atoms with Gasteiger partial charge in [0.1, 0.15) is 0 Å². The Balaban J connectivity index is 1.71. The highest BCUT2D eigenvalue weighted by Gasteiger charge is 2.19. The summed E-state index contributed by atoms with van der Waals surface area (Å²) < 4.78 is 1.13. The summed E-state index contributed by atoms with van der Waals surface area (Å²) >= 11 is 3.51. The minimum Gasteiger partial charge on any atom is -0.383 e. The summed E-state index contributed by atoms with van der Waals surface area (Å²) in [6, 6.07) is 9.01. The molecule has 0 aliphatic heterocycles. The molecule has 2 N–H and O–H groups in total. The summed E-state index contributed by atoms with van der Waals surface area (Å²) in [7, 11) is 0. The van der Waals surface area contributed by atoms with E-state index in [0.29, 0.717) is 0 Å². The van der Waals surface area contributed by atoms with Crippen LogP contribution in [0.3, 0.4) is 0 Å². The maximum atomic E-state index is 3.51. The predicted molar refractivity (Wildman–Crippen MR) is 63.7 cm³/mol. The first-order chi connectivity index (χ1) is 6.86. The zero-order valence-electron chi connectivity index (χ0n) is 8.09. The van der Waals surface area contributed by atoms with Gasteiger partial charge in [0.2, 0.25) is 0 Å². The molecule has 14 heavy (non-hydrogen) atoms. The summed E-state index contributed by atoms with van der Waals surface area (Å²) in [6.07, 6.45) is 2.71. The molecule has 3 heteroatoms. The van der Waals surface area contributed by atoms with Crippen LogP contribution in [0, 0.1) is 0 Å². The Morgan fingerprint density at radius 2 is 2.00 bits per heavy atom. The SMILES string of the molecule is Brc1ccccc1NCCNC1CC1. The number of para-hydroxylation sites is 1. The molecule has 0 spiro atoms.